The summed E-state index contributed by atoms with van der Waals surface area (Å²) in [5, 5.41) is 0. The van der Waals surface area contributed by atoms with Crippen LogP contribution in [0.1, 0.15) is 5.56 Å². The number of pyridine rings is 2. The Kier molecular flexibility index (Phi) is 18.7. The first-order valence-corrected chi connectivity index (χ1v) is 5.93. The maximum Gasteiger partial charge on any atom is 0.0267 e. The van der Waals surface area contributed by atoms with Crippen molar-refractivity contribution in [3.63, 3.8) is 0 Å². The van der Waals surface area contributed by atoms with Gasteiger partial charge in [0.1, 0.15) is 0 Å². The Morgan fingerprint density at radius 2 is 1.50 bits per heavy atom. The van der Waals surface area contributed by atoms with Crippen molar-refractivity contribution in [2.45, 2.75) is 6.92 Å². The van der Waals surface area contributed by atoms with Crippen LogP contribution in [0.5, 0.6) is 0 Å². The van der Waals surface area contributed by atoms with Gasteiger partial charge in [-0.05, 0) is 30.7 Å². The molecule has 0 aromatic carbocycles. The topological polar surface area (TPSA) is 59.9 Å². The van der Waals surface area contributed by atoms with Crippen LogP contribution in [0.15, 0.2) is 55.1 Å². The van der Waals surface area contributed by atoms with Crippen LogP contribution in [-0.2, 0) is 24.7 Å². The number of hydrogen-bond acceptors (Lipinski definition) is 4. The molecule has 2 heterocycles. The zero-order chi connectivity index (χ0) is 14.1. The Bertz CT molecular complexity index is 369. The molecule has 2 rings (SSSR count). The largest absolute Gasteiger partial charge is 0.265 e. The van der Waals surface area contributed by atoms with Gasteiger partial charge in [-0.1, -0.05) is 12.1 Å². The van der Waals surface area contributed by atoms with Crippen LogP contribution >= 0.6 is 10.1 Å². The van der Waals surface area contributed by atoms with E-state index in [0.29, 0.717) is 0 Å². The zero-order valence-corrected chi connectivity index (χ0v) is 11.3. The average molecular weight is 315 g/mol. The van der Waals surface area contributed by atoms with E-state index in [9.17, 15) is 0 Å². The molecular formula is C12H12ClCuN2O2. The molecule has 6 heteroatoms. The predicted octanol–water partition coefficient (Wildman–Crippen LogP) is 2.58. The first kappa shape index (κ1) is 18.8. The number of carbonyl (C=O) groups excluding carboxylic acids is 2. The van der Waals surface area contributed by atoms with E-state index in [2.05, 4.69) is 35.2 Å². The van der Waals surface area contributed by atoms with E-state index in [1.165, 1.54) is 5.56 Å². The Morgan fingerprint density at radius 1 is 1.00 bits per heavy atom. The van der Waals surface area contributed by atoms with Gasteiger partial charge < -0.3 is 0 Å². The van der Waals surface area contributed by atoms with Gasteiger partial charge in [-0.2, -0.15) is 9.59 Å². The number of aryl methyl sites for hydroxylation is 1. The van der Waals surface area contributed by atoms with Crippen molar-refractivity contribution < 1.29 is 24.7 Å². The second-order valence-electron chi connectivity index (χ2n) is 2.64. The molecule has 0 aliphatic heterocycles. The van der Waals surface area contributed by atoms with Gasteiger partial charge in [0.25, 0.3) is 0 Å². The fourth-order valence-electron chi connectivity index (χ4n) is 0.761. The van der Waals surface area contributed by atoms with Crippen LogP contribution in [0.25, 0.3) is 0 Å². The third kappa shape index (κ3) is 16.9. The first-order valence-electron chi connectivity index (χ1n) is 4.63. The molecule has 0 N–H and O–H groups in total. The fourth-order valence-corrected chi connectivity index (χ4v) is 0.761. The monoisotopic (exact) mass is 314 g/mol. The van der Waals surface area contributed by atoms with E-state index in [0.717, 1.165) is 0 Å². The summed E-state index contributed by atoms with van der Waals surface area (Å²) in [7, 11) is 4.20. The fraction of sp³-hybridized carbons (Fsp3) is 0.0833. The molecule has 0 aliphatic carbocycles. The van der Waals surface area contributed by atoms with E-state index in [-0.39, 0.29) is 6.15 Å². The zero-order valence-electron chi connectivity index (χ0n) is 9.59. The summed E-state index contributed by atoms with van der Waals surface area (Å²) in [6.45, 7) is 2.02. The quantitative estimate of drug-likeness (QED) is 0.701. The number of hydrogen-bond donors (Lipinski definition) is 0. The van der Waals surface area contributed by atoms with E-state index in [1.807, 2.05) is 43.5 Å². The molecule has 2 aromatic rings. The molecule has 0 radical (unpaired) electrons. The van der Waals surface area contributed by atoms with E-state index in [1.54, 1.807) is 18.6 Å². The molecule has 100 valence electrons. The Labute approximate surface area is 118 Å². The minimum atomic E-state index is 0.250. The minimum absolute atomic E-state index is 0.250. The summed E-state index contributed by atoms with van der Waals surface area (Å²) in [6, 6.07) is 9.66. The number of nitrogens with zero attached hydrogens (tertiary/aromatic N) is 2. The van der Waals surface area contributed by atoms with Gasteiger partial charge in [0.15, 0.2) is 0 Å². The third-order valence-electron chi connectivity index (χ3n) is 1.38. The van der Waals surface area contributed by atoms with Crippen LogP contribution in [-0.4, -0.2) is 16.1 Å². The van der Waals surface area contributed by atoms with Crippen LogP contribution < -0.4 is 0 Å². The smallest absolute Gasteiger partial charge is 0.0267 e. The summed E-state index contributed by atoms with van der Waals surface area (Å²) in [4.78, 5) is 23.9. The van der Waals surface area contributed by atoms with Crippen molar-refractivity contribution in [1.82, 2.24) is 9.97 Å². The molecule has 0 aliphatic rings. The Balaban J connectivity index is 0. The Morgan fingerprint density at radius 3 is 1.67 bits per heavy atom. The normalized spacial score (nSPS) is 6.89. The van der Waals surface area contributed by atoms with Gasteiger partial charge in [-0.15, -0.1) is 0 Å². The van der Waals surface area contributed by atoms with Gasteiger partial charge in [0.05, 0.1) is 0 Å². The van der Waals surface area contributed by atoms with Crippen molar-refractivity contribution in [2.75, 3.05) is 0 Å². The van der Waals surface area contributed by atoms with Gasteiger partial charge in [-0.25, -0.2) is 0 Å². The summed E-state index contributed by atoms with van der Waals surface area (Å²) in [5.74, 6) is 0. The summed E-state index contributed by atoms with van der Waals surface area (Å²) >= 11 is 3.66. The van der Waals surface area contributed by atoms with Crippen molar-refractivity contribution in [2.24, 2.45) is 0 Å². The molecule has 18 heavy (non-hydrogen) atoms. The maximum atomic E-state index is 8.12. The summed E-state index contributed by atoms with van der Waals surface area (Å²) in [6.07, 6.45) is 7.35. The molecule has 0 saturated heterocycles. The van der Waals surface area contributed by atoms with Crippen molar-refractivity contribution in [1.29, 1.82) is 0 Å². The van der Waals surface area contributed by atoms with E-state index < -0.39 is 0 Å². The van der Waals surface area contributed by atoms with Crippen LogP contribution in [0.3, 0.4) is 0 Å². The number of aromatic nitrogens is 2. The van der Waals surface area contributed by atoms with Crippen LogP contribution in [0, 0.1) is 6.92 Å². The molecule has 0 unspecified atom stereocenters. The second kappa shape index (κ2) is 17.9. The van der Waals surface area contributed by atoms with Crippen LogP contribution in [0.4, 0.5) is 0 Å². The van der Waals surface area contributed by atoms with Gasteiger partial charge >= 0.3 is 31.4 Å². The van der Waals surface area contributed by atoms with Crippen molar-refractivity contribution in [3.8, 4) is 0 Å². The average Bonchev–Trinajstić information content (AvgIpc) is 2.45. The van der Waals surface area contributed by atoms with Gasteiger partial charge in [-0.3, -0.25) is 9.97 Å². The third-order valence-corrected chi connectivity index (χ3v) is 1.38. The van der Waals surface area contributed by atoms with Gasteiger partial charge in [0, 0.05) is 24.8 Å². The van der Waals surface area contributed by atoms with Gasteiger partial charge in [0.2, 0.25) is 0 Å². The SMILES string of the molecule is Cc1cccnc1.O=C=O.[Cl][Cu].c1ccncc1. The number of rotatable bonds is 0. The molecule has 0 amide bonds. The molecule has 0 atom stereocenters. The standard InChI is InChI=1S/C6H7N.C5H5N.CO2.ClH.Cu/c1-6-3-2-4-7-5-6;1-2-4-6-5-3-1;2-1-3;;/h2-5H,1H3;1-5H;;1H;/q;;;;+1/p-1. The van der Waals surface area contributed by atoms with Crippen molar-refractivity contribution >= 4 is 16.2 Å². The molecule has 2 aromatic heterocycles. The van der Waals surface area contributed by atoms with Crippen LogP contribution in [0.2, 0.25) is 0 Å². The first-order chi connectivity index (χ1) is 8.81. The predicted molar refractivity (Wildman–Crippen MR) is 64.1 cm³/mol. The summed E-state index contributed by atoms with van der Waals surface area (Å²) in [5.41, 5.74) is 1.21. The second-order valence-corrected chi connectivity index (χ2v) is 2.64. The maximum absolute atomic E-state index is 8.12. The molecule has 0 saturated carbocycles. The minimum Gasteiger partial charge on any atom is -0.265 e. The van der Waals surface area contributed by atoms with E-state index >= 15 is 0 Å². The number of halogens is 1. The van der Waals surface area contributed by atoms with E-state index in [4.69, 9.17) is 9.59 Å². The van der Waals surface area contributed by atoms with Crippen molar-refractivity contribution in [3.05, 3.63) is 60.7 Å². The summed E-state index contributed by atoms with van der Waals surface area (Å²) < 4.78 is 0. The molecule has 4 nitrogen and oxygen atoms in total. The molecular weight excluding hydrogens is 303 g/mol. The molecule has 0 spiro atoms. The Hall–Kier alpha value is -1.51. The molecule has 0 fully saturated rings. The molecule has 0 bridgehead atoms.